The molecule has 0 spiro atoms. The number of hydrogen-bond donors (Lipinski definition) is 2. The van der Waals surface area contributed by atoms with E-state index in [4.69, 9.17) is 24.3 Å². The number of nitrogens with two attached hydrogens (primary N) is 1. The van der Waals surface area contributed by atoms with Gasteiger partial charge in [-0.2, -0.15) is 0 Å². The minimum absolute atomic E-state index is 0.0903. The van der Waals surface area contributed by atoms with Crippen molar-refractivity contribution in [2.45, 2.75) is 238 Å². The van der Waals surface area contributed by atoms with Crippen molar-refractivity contribution in [3.63, 3.8) is 0 Å². The van der Waals surface area contributed by atoms with Crippen LogP contribution < -0.4 is 5.73 Å². The van der Waals surface area contributed by atoms with Crippen LogP contribution in [0.4, 0.5) is 0 Å². The molecule has 8 nitrogen and oxygen atoms in total. The van der Waals surface area contributed by atoms with E-state index in [0.29, 0.717) is 13.0 Å². The molecule has 2 unspecified atom stereocenters. The summed E-state index contributed by atoms with van der Waals surface area (Å²) in [4.78, 5) is 22.4. The molecule has 0 radical (unpaired) electrons. The van der Waals surface area contributed by atoms with E-state index in [-0.39, 0.29) is 32.3 Å². The molecule has 2 atom stereocenters. The highest BCUT2D eigenvalue weighted by atomic mass is 31.2. The quantitative estimate of drug-likeness (QED) is 0.0358. The van der Waals surface area contributed by atoms with Crippen LogP contribution in [0.25, 0.3) is 0 Å². The van der Waals surface area contributed by atoms with Crippen molar-refractivity contribution in [1.29, 1.82) is 0 Å². The Morgan fingerprint density at radius 2 is 0.846 bits per heavy atom. The Morgan fingerprint density at radius 3 is 1.21 bits per heavy atom. The van der Waals surface area contributed by atoms with Crippen molar-refractivity contribution in [1.82, 2.24) is 0 Å². The Kier molecular flexibility index (Phi) is 41.3. The van der Waals surface area contributed by atoms with Crippen LogP contribution >= 0.6 is 7.82 Å². The third-order valence-electron chi connectivity index (χ3n) is 10.0. The highest BCUT2D eigenvalue weighted by Gasteiger charge is 2.25. The minimum atomic E-state index is -4.26. The second kappa shape index (κ2) is 41.7. The van der Waals surface area contributed by atoms with Gasteiger partial charge < -0.3 is 20.1 Å². The SMILES string of the molecule is CCCCCCCCCCCCCCCCCCCCCCCCCOCC(COP(=O)(O)OCCN)OC(=O)CCCCCCCCCCCC. The van der Waals surface area contributed by atoms with Crippen molar-refractivity contribution in [2.24, 2.45) is 5.73 Å². The van der Waals surface area contributed by atoms with Crippen LogP contribution in [0.15, 0.2) is 0 Å². The lowest BCUT2D eigenvalue weighted by Crippen LogP contribution is -2.28. The molecule has 0 aromatic carbocycles. The fourth-order valence-electron chi connectivity index (χ4n) is 6.70. The van der Waals surface area contributed by atoms with Gasteiger partial charge in [-0.05, 0) is 12.8 Å². The smallest absolute Gasteiger partial charge is 0.457 e. The zero-order valence-electron chi connectivity index (χ0n) is 34.6. The van der Waals surface area contributed by atoms with Crippen LogP contribution in [-0.2, 0) is 27.9 Å². The molecular formula is C43H88NO7P. The molecule has 0 aromatic rings. The van der Waals surface area contributed by atoms with Gasteiger partial charge in [0.05, 0.1) is 19.8 Å². The van der Waals surface area contributed by atoms with E-state index in [1.807, 2.05) is 0 Å². The molecule has 0 aliphatic carbocycles. The van der Waals surface area contributed by atoms with Gasteiger partial charge in [0.2, 0.25) is 0 Å². The van der Waals surface area contributed by atoms with E-state index in [2.05, 4.69) is 13.8 Å². The number of esters is 1. The summed E-state index contributed by atoms with van der Waals surface area (Å²) in [7, 11) is -4.26. The van der Waals surface area contributed by atoms with Crippen molar-refractivity contribution < 1.29 is 32.8 Å². The average molecular weight is 762 g/mol. The topological polar surface area (TPSA) is 117 Å². The predicted molar refractivity (Wildman–Crippen MR) is 220 cm³/mol. The van der Waals surface area contributed by atoms with Crippen molar-refractivity contribution in [3.05, 3.63) is 0 Å². The summed E-state index contributed by atoms with van der Waals surface area (Å²) >= 11 is 0. The van der Waals surface area contributed by atoms with Crippen molar-refractivity contribution in [2.75, 3.05) is 33.0 Å². The Labute approximate surface area is 322 Å². The van der Waals surface area contributed by atoms with Gasteiger partial charge in [0.1, 0.15) is 6.10 Å². The normalized spacial score (nSPS) is 13.4. The average Bonchev–Trinajstić information content (AvgIpc) is 3.13. The first kappa shape index (κ1) is 51.5. The molecular weight excluding hydrogens is 673 g/mol. The molecule has 0 heterocycles. The van der Waals surface area contributed by atoms with Gasteiger partial charge in [-0.3, -0.25) is 13.8 Å². The molecule has 0 saturated carbocycles. The maximum Gasteiger partial charge on any atom is 0.472 e. The molecule has 0 amide bonds. The predicted octanol–water partition coefficient (Wildman–Crippen LogP) is 13.3. The fourth-order valence-corrected chi connectivity index (χ4v) is 7.47. The Morgan fingerprint density at radius 1 is 0.500 bits per heavy atom. The fraction of sp³-hybridized carbons (Fsp3) is 0.977. The molecule has 0 rings (SSSR count). The van der Waals surface area contributed by atoms with Gasteiger partial charge in [0.25, 0.3) is 0 Å². The summed E-state index contributed by atoms with van der Waals surface area (Å²) in [6.45, 7) is 4.97. The Balaban J connectivity index is 3.83. The van der Waals surface area contributed by atoms with Crippen molar-refractivity contribution in [3.8, 4) is 0 Å². The summed E-state index contributed by atoms with van der Waals surface area (Å²) in [5.41, 5.74) is 5.36. The van der Waals surface area contributed by atoms with Crippen LogP contribution in [0, 0.1) is 0 Å². The van der Waals surface area contributed by atoms with Gasteiger partial charge >= 0.3 is 13.8 Å². The van der Waals surface area contributed by atoms with Gasteiger partial charge in [0, 0.05) is 19.6 Å². The first-order valence-electron chi connectivity index (χ1n) is 22.5. The Hall–Kier alpha value is -0.500. The van der Waals surface area contributed by atoms with Gasteiger partial charge in [-0.25, -0.2) is 4.57 Å². The van der Waals surface area contributed by atoms with Gasteiger partial charge in [0.15, 0.2) is 0 Å². The van der Waals surface area contributed by atoms with E-state index >= 15 is 0 Å². The van der Waals surface area contributed by atoms with E-state index in [0.717, 1.165) is 32.1 Å². The molecule has 0 saturated heterocycles. The van der Waals surface area contributed by atoms with Crippen LogP contribution in [0.5, 0.6) is 0 Å². The lowest BCUT2D eigenvalue weighted by molar-refractivity contribution is -0.154. The number of hydrogen-bond acceptors (Lipinski definition) is 7. The lowest BCUT2D eigenvalue weighted by Gasteiger charge is -2.20. The second-order valence-corrected chi connectivity index (χ2v) is 16.7. The van der Waals surface area contributed by atoms with Crippen LogP contribution in [0.3, 0.4) is 0 Å². The summed E-state index contributed by atoms with van der Waals surface area (Å²) in [5, 5.41) is 0. The number of ether oxygens (including phenoxy) is 2. The number of unbranched alkanes of at least 4 members (excludes halogenated alkanes) is 31. The minimum Gasteiger partial charge on any atom is -0.457 e. The molecule has 3 N–H and O–H groups in total. The summed E-state index contributed by atoms with van der Waals surface area (Å²) in [6.07, 6.45) is 42.8. The highest BCUT2D eigenvalue weighted by molar-refractivity contribution is 7.47. The van der Waals surface area contributed by atoms with Gasteiger partial charge in [-0.1, -0.05) is 213 Å². The monoisotopic (exact) mass is 762 g/mol. The highest BCUT2D eigenvalue weighted by Crippen LogP contribution is 2.43. The van der Waals surface area contributed by atoms with E-state index < -0.39 is 13.9 Å². The maximum absolute atomic E-state index is 12.5. The molecule has 0 aliphatic rings. The van der Waals surface area contributed by atoms with Crippen LogP contribution in [0.2, 0.25) is 0 Å². The van der Waals surface area contributed by atoms with Gasteiger partial charge in [-0.15, -0.1) is 0 Å². The number of phosphoric acid groups is 1. The second-order valence-electron chi connectivity index (χ2n) is 15.3. The lowest BCUT2D eigenvalue weighted by atomic mass is 10.0. The molecule has 0 aliphatic heterocycles. The third-order valence-corrected chi connectivity index (χ3v) is 11.0. The first-order chi connectivity index (χ1) is 25.4. The number of phosphoric ester groups is 1. The van der Waals surface area contributed by atoms with Crippen molar-refractivity contribution >= 4 is 13.8 Å². The molecule has 0 aromatic heterocycles. The number of carbonyl (C=O) groups is 1. The van der Waals surface area contributed by atoms with E-state index in [1.165, 1.54) is 180 Å². The zero-order chi connectivity index (χ0) is 38.1. The molecule has 52 heavy (non-hydrogen) atoms. The van der Waals surface area contributed by atoms with E-state index in [1.54, 1.807) is 0 Å². The zero-order valence-corrected chi connectivity index (χ0v) is 35.5. The summed E-state index contributed by atoms with van der Waals surface area (Å²) in [5.74, 6) is -0.327. The summed E-state index contributed by atoms with van der Waals surface area (Å²) in [6, 6.07) is 0. The molecule has 0 fully saturated rings. The molecule has 0 bridgehead atoms. The summed E-state index contributed by atoms with van der Waals surface area (Å²) < 4.78 is 33.4. The standard InChI is InChI=1S/C43H88NO7P/c1-3-5-7-9-11-13-15-16-17-18-19-20-21-22-23-24-25-26-27-29-31-33-35-38-48-40-42(41-50-52(46,47)49-39-37-44)51-43(45)36-34-32-30-28-14-12-10-8-6-4-2/h42H,3-41,44H2,1-2H3,(H,46,47). The van der Waals surface area contributed by atoms with Crippen LogP contribution in [0.1, 0.15) is 232 Å². The molecule has 312 valence electrons. The largest absolute Gasteiger partial charge is 0.472 e. The first-order valence-corrected chi connectivity index (χ1v) is 24.0. The number of carbonyl (C=O) groups excluding carboxylic acids is 1. The van der Waals surface area contributed by atoms with E-state index in [9.17, 15) is 14.3 Å². The van der Waals surface area contributed by atoms with Crippen LogP contribution in [-0.4, -0.2) is 49.9 Å². The third kappa shape index (κ3) is 40.7. The molecule has 9 heteroatoms. The number of rotatable bonds is 44. The maximum atomic E-state index is 12.5. The Bertz CT molecular complexity index is 772.